The monoisotopic (exact) mass is 420 g/mol. The van der Waals surface area contributed by atoms with E-state index < -0.39 is 0 Å². The SMILES string of the molecule is COCCN(CCC(=O)N[C@@H](C)C(C)C)c1nc(Cc2cccc(OC)c2)ns1. The average Bonchev–Trinajstić information content (AvgIpc) is 3.16. The van der Waals surface area contributed by atoms with Gasteiger partial charge in [-0.05, 0) is 30.5 Å². The molecule has 0 unspecified atom stereocenters. The van der Waals surface area contributed by atoms with Gasteiger partial charge in [-0.25, -0.2) is 4.98 Å². The molecule has 8 heteroatoms. The van der Waals surface area contributed by atoms with Crippen LogP contribution in [0.4, 0.5) is 5.13 Å². The van der Waals surface area contributed by atoms with Crippen molar-refractivity contribution in [3.63, 3.8) is 0 Å². The van der Waals surface area contributed by atoms with E-state index in [-0.39, 0.29) is 11.9 Å². The molecule has 1 heterocycles. The molecule has 0 aliphatic carbocycles. The van der Waals surface area contributed by atoms with Crippen LogP contribution in [0, 0.1) is 5.92 Å². The lowest BCUT2D eigenvalue weighted by Gasteiger charge is -2.22. The van der Waals surface area contributed by atoms with E-state index >= 15 is 0 Å². The molecule has 29 heavy (non-hydrogen) atoms. The Morgan fingerprint density at radius 2 is 2.03 bits per heavy atom. The second-order valence-corrected chi connectivity index (χ2v) is 8.08. The fourth-order valence-corrected chi connectivity index (χ4v) is 3.38. The number of nitrogens with one attached hydrogen (secondary N) is 1. The third kappa shape index (κ3) is 7.62. The summed E-state index contributed by atoms with van der Waals surface area (Å²) in [5, 5.41) is 3.86. The smallest absolute Gasteiger partial charge is 0.221 e. The van der Waals surface area contributed by atoms with Gasteiger partial charge in [-0.15, -0.1) is 0 Å². The molecule has 0 radical (unpaired) electrons. The highest BCUT2D eigenvalue weighted by Crippen LogP contribution is 2.21. The van der Waals surface area contributed by atoms with Crippen LogP contribution in [-0.4, -0.2) is 55.2 Å². The highest BCUT2D eigenvalue weighted by molar-refractivity contribution is 7.09. The lowest BCUT2D eigenvalue weighted by atomic mass is 10.1. The van der Waals surface area contributed by atoms with Gasteiger partial charge in [0.1, 0.15) is 11.6 Å². The molecule has 1 amide bonds. The fourth-order valence-electron chi connectivity index (χ4n) is 2.64. The predicted molar refractivity (Wildman–Crippen MR) is 117 cm³/mol. The number of aromatic nitrogens is 2. The molecule has 0 fully saturated rings. The molecule has 1 aromatic heterocycles. The van der Waals surface area contributed by atoms with E-state index in [1.807, 2.05) is 31.2 Å². The normalized spacial score (nSPS) is 12.1. The zero-order valence-electron chi connectivity index (χ0n) is 18.0. The van der Waals surface area contributed by atoms with E-state index in [4.69, 9.17) is 9.47 Å². The number of ether oxygens (including phenoxy) is 2. The number of anilines is 1. The minimum atomic E-state index is 0.0507. The molecule has 1 N–H and O–H groups in total. The largest absolute Gasteiger partial charge is 0.497 e. The average molecular weight is 421 g/mol. The number of amides is 1. The molecule has 0 aliphatic rings. The Kier molecular flexibility index (Phi) is 9.34. The minimum Gasteiger partial charge on any atom is -0.497 e. The topological polar surface area (TPSA) is 76.6 Å². The van der Waals surface area contributed by atoms with Crippen molar-refractivity contribution in [2.45, 2.75) is 39.7 Å². The minimum absolute atomic E-state index is 0.0507. The second kappa shape index (κ2) is 11.7. The van der Waals surface area contributed by atoms with Crippen LogP contribution in [0.15, 0.2) is 24.3 Å². The van der Waals surface area contributed by atoms with Crippen LogP contribution >= 0.6 is 11.5 Å². The standard InChI is InChI=1S/C21H32N4O3S/c1-15(2)16(3)22-20(26)9-10-25(11-12-27-4)21-23-19(24-29-21)14-17-7-6-8-18(13-17)28-5/h6-8,13,15-16H,9-12,14H2,1-5H3,(H,22,26)/t16-/m0/s1. The Morgan fingerprint density at radius 1 is 1.24 bits per heavy atom. The van der Waals surface area contributed by atoms with E-state index in [2.05, 4.69) is 33.4 Å². The van der Waals surface area contributed by atoms with E-state index in [9.17, 15) is 4.79 Å². The van der Waals surface area contributed by atoms with Crippen molar-refractivity contribution >= 4 is 22.6 Å². The number of rotatable bonds is 12. The summed E-state index contributed by atoms with van der Waals surface area (Å²) >= 11 is 1.35. The Balaban J connectivity index is 1.99. The van der Waals surface area contributed by atoms with Crippen molar-refractivity contribution in [3.8, 4) is 5.75 Å². The highest BCUT2D eigenvalue weighted by Gasteiger charge is 2.16. The Bertz CT molecular complexity index is 766. The lowest BCUT2D eigenvalue weighted by Crippen LogP contribution is -2.38. The summed E-state index contributed by atoms with van der Waals surface area (Å²) in [5.41, 5.74) is 1.10. The first-order valence-corrected chi connectivity index (χ1v) is 10.7. The first kappa shape index (κ1) is 23.1. The van der Waals surface area contributed by atoms with E-state index in [1.54, 1.807) is 14.2 Å². The summed E-state index contributed by atoms with van der Waals surface area (Å²) in [5.74, 6) is 2.04. The molecule has 0 saturated carbocycles. The zero-order chi connectivity index (χ0) is 21.2. The van der Waals surface area contributed by atoms with Gasteiger partial charge in [0.05, 0.1) is 13.7 Å². The van der Waals surface area contributed by atoms with Crippen molar-refractivity contribution in [1.82, 2.24) is 14.7 Å². The number of nitrogens with zero attached hydrogens (tertiary/aromatic N) is 3. The van der Waals surface area contributed by atoms with Crippen LogP contribution in [-0.2, 0) is 16.0 Å². The fraction of sp³-hybridized carbons (Fsp3) is 0.571. The number of hydrogen-bond acceptors (Lipinski definition) is 7. The number of benzene rings is 1. The molecule has 2 aromatic rings. The highest BCUT2D eigenvalue weighted by atomic mass is 32.1. The number of carbonyl (C=O) groups excluding carboxylic acids is 1. The Morgan fingerprint density at radius 3 is 2.72 bits per heavy atom. The molecule has 160 valence electrons. The summed E-state index contributed by atoms with van der Waals surface area (Å²) in [6.45, 7) is 8.03. The molecule has 1 aromatic carbocycles. The van der Waals surface area contributed by atoms with Crippen LogP contribution in [0.2, 0.25) is 0 Å². The lowest BCUT2D eigenvalue weighted by molar-refractivity contribution is -0.121. The molecule has 7 nitrogen and oxygen atoms in total. The maximum atomic E-state index is 12.3. The van der Waals surface area contributed by atoms with Gasteiger partial charge in [-0.1, -0.05) is 26.0 Å². The molecular formula is C21H32N4O3S. The van der Waals surface area contributed by atoms with Gasteiger partial charge >= 0.3 is 0 Å². The van der Waals surface area contributed by atoms with Gasteiger partial charge in [0.25, 0.3) is 0 Å². The van der Waals surface area contributed by atoms with Gasteiger partial charge in [0.15, 0.2) is 0 Å². The quantitative estimate of drug-likeness (QED) is 0.568. The van der Waals surface area contributed by atoms with Crippen LogP contribution in [0.25, 0.3) is 0 Å². The van der Waals surface area contributed by atoms with Crippen LogP contribution in [0.1, 0.15) is 38.6 Å². The van der Waals surface area contributed by atoms with Crippen LogP contribution in [0.5, 0.6) is 5.75 Å². The summed E-state index contributed by atoms with van der Waals surface area (Å²) < 4.78 is 15.0. The van der Waals surface area contributed by atoms with Gasteiger partial charge < -0.3 is 19.7 Å². The Hall–Kier alpha value is -2.19. The van der Waals surface area contributed by atoms with E-state index in [1.165, 1.54) is 11.5 Å². The van der Waals surface area contributed by atoms with Crippen molar-refractivity contribution in [2.24, 2.45) is 5.92 Å². The third-order valence-electron chi connectivity index (χ3n) is 4.79. The first-order chi connectivity index (χ1) is 13.9. The van der Waals surface area contributed by atoms with Gasteiger partial charge in [0.2, 0.25) is 11.0 Å². The molecule has 0 bridgehead atoms. The Labute approximate surface area is 177 Å². The van der Waals surface area contributed by atoms with Crippen molar-refractivity contribution in [1.29, 1.82) is 0 Å². The molecular weight excluding hydrogens is 388 g/mol. The van der Waals surface area contributed by atoms with Crippen molar-refractivity contribution < 1.29 is 14.3 Å². The van der Waals surface area contributed by atoms with E-state index in [0.29, 0.717) is 38.5 Å². The first-order valence-electron chi connectivity index (χ1n) is 9.91. The summed E-state index contributed by atoms with van der Waals surface area (Å²) in [6.07, 6.45) is 1.05. The number of carbonyl (C=O) groups is 1. The summed E-state index contributed by atoms with van der Waals surface area (Å²) in [7, 11) is 3.33. The van der Waals surface area contributed by atoms with E-state index in [0.717, 1.165) is 22.3 Å². The molecule has 0 spiro atoms. The molecule has 0 aliphatic heterocycles. The van der Waals surface area contributed by atoms with Gasteiger partial charge in [-0.2, -0.15) is 4.37 Å². The third-order valence-corrected chi connectivity index (χ3v) is 5.60. The zero-order valence-corrected chi connectivity index (χ0v) is 18.8. The molecule has 0 saturated heterocycles. The maximum absolute atomic E-state index is 12.3. The van der Waals surface area contributed by atoms with Gasteiger partial charge in [0, 0.05) is 50.6 Å². The second-order valence-electron chi connectivity index (χ2n) is 7.35. The van der Waals surface area contributed by atoms with Gasteiger partial charge in [-0.3, -0.25) is 4.79 Å². The molecule has 1 atom stereocenters. The number of methoxy groups -OCH3 is 2. The summed E-state index contributed by atoms with van der Waals surface area (Å²) in [6, 6.07) is 8.06. The van der Waals surface area contributed by atoms with Crippen LogP contribution in [0.3, 0.4) is 0 Å². The van der Waals surface area contributed by atoms with Crippen LogP contribution < -0.4 is 15.0 Å². The molecule has 2 rings (SSSR count). The number of hydrogen-bond donors (Lipinski definition) is 1. The van der Waals surface area contributed by atoms with Crippen molar-refractivity contribution in [2.75, 3.05) is 38.8 Å². The van der Waals surface area contributed by atoms with Crippen molar-refractivity contribution in [3.05, 3.63) is 35.7 Å². The summed E-state index contributed by atoms with van der Waals surface area (Å²) in [4.78, 5) is 19.0. The maximum Gasteiger partial charge on any atom is 0.221 e. The predicted octanol–water partition coefficient (Wildman–Crippen LogP) is 3.14.